The number of methoxy groups -OCH3 is 1. The van der Waals surface area contributed by atoms with Crippen molar-refractivity contribution in [1.82, 2.24) is 29.4 Å². The zero-order valence-corrected chi connectivity index (χ0v) is 27.7. The Hall–Kier alpha value is -4.09. The molecular formula is C32H38Cl2N6O5. The lowest BCUT2D eigenvalue weighted by atomic mass is 9.99. The maximum Gasteiger partial charge on any atom is 0.407 e. The number of nitrogens with one attached hydrogen (secondary N) is 1. The summed E-state index contributed by atoms with van der Waals surface area (Å²) in [5.74, 6) is -0.105. The minimum Gasteiger partial charge on any atom is -0.479 e. The lowest BCUT2D eigenvalue weighted by Gasteiger charge is -2.35. The Kier molecular flexibility index (Phi) is 10.8. The maximum absolute atomic E-state index is 14.2. The molecule has 11 nitrogen and oxygen atoms in total. The number of rotatable bonds is 11. The van der Waals surface area contributed by atoms with Gasteiger partial charge in [0.2, 0.25) is 0 Å². The monoisotopic (exact) mass is 656 g/mol. The van der Waals surface area contributed by atoms with Crippen LogP contribution in [-0.2, 0) is 11.3 Å². The second kappa shape index (κ2) is 14.3. The van der Waals surface area contributed by atoms with Crippen LogP contribution < -0.4 is 15.7 Å². The van der Waals surface area contributed by atoms with Gasteiger partial charge < -0.3 is 19.7 Å². The highest BCUT2D eigenvalue weighted by Crippen LogP contribution is 2.32. The van der Waals surface area contributed by atoms with E-state index in [1.54, 1.807) is 49.9 Å². The van der Waals surface area contributed by atoms with Gasteiger partial charge in [0.25, 0.3) is 11.8 Å². The third kappa shape index (κ3) is 8.15. The van der Waals surface area contributed by atoms with Crippen molar-refractivity contribution in [3.63, 3.8) is 0 Å². The van der Waals surface area contributed by atoms with Crippen LogP contribution in [0.5, 0.6) is 5.88 Å². The van der Waals surface area contributed by atoms with Gasteiger partial charge in [-0.15, -0.1) is 5.10 Å². The first-order valence-electron chi connectivity index (χ1n) is 14.6. The van der Waals surface area contributed by atoms with E-state index in [0.29, 0.717) is 22.8 Å². The Morgan fingerprint density at radius 3 is 2.31 bits per heavy atom. The molecule has 0 aliphatic rings. The standard InChI is InChI=1S/C32H38Cl2N6O5/c1-20(2)25(38(29(41)22-13-15-23(33)16-14-22)18-10-17-35-30(42)45-32(3,4)5)27-36-26-24(34)28(44-6)37-40(26)31(43)39(27)19-21-11-8-7-9-12-21/h7-9,11-16,20,25H,10,17-19H2,1-6H3,(H,35,42). The Bertz CT molecular complexity index is 1700. The first-order chi connectivity index (χ1) is 21.3. The molecule has 1 N–H and O–H groups in total. The molecule has 0 spiro atoms. The maximum atomic E-state index is 14.2. The van der Waals surface area contributed by atoms with Gasteiger partial charge in [0.05, 0.1) is 19.7 Å². The quantitative estimate of drug-likeness (QED) is 0.196. The van der Waals surface area contributed by atoms with Crippen LogP contribution >= 0.6 is 23.2 Å². The van der Waals surface area contributed by atoms with Gasteiger partial charge >= 0.3 is 11.8 Å². The predicted octanol–water partition coefficient (Wildman–Crippen LogP) is 6.01. The van der Waals surface area contributed by atoms with Crippen LogP contribution in [0.25, 0.3) is 5.65 Å². The highest BCUT2D eigenvalue weighted by Gasteiger charge is 2.34. The second-order valence-electron chi connectivity index (χ2n) is 11.9. The summed E-state index contributed by atoms with van der Waals surface area (Å²) in [4.78, 5) is 47.1. The van der Waals surface area contributed by atoms with Gasteiger partial charge in [0, 0.05) is 23.7 Å². The molecule has 0 aliphatic carbocycles. The number of nitrogens with zero attached hydrogens (tertiary/aromatic N) is 5. The van der Waals surface area contributed by atoms with Crippen molar-refractivity contribution >= 4 is 40.8 Å². The summed E-state index contributed by atoms with van der Waals surface area (Å²) in [5, 5.41) is 7.57. The number of amides is 2. The number of halogens is 2. The van der Waals surface area contributed by atoms with Gasteiger partial charge in [-0.05, 0) is 62.9 Å². The first kappa shape index (κ1) is 33.8. The summed E-state index contributed by atoms with van der Waals surface area (Å²) in [6, 6.07) is 15.4. The third-order valence-corrected chi connectivity index (χ3v) is 7.47. The minimum absolute atomic E-state index is 0.0630. The van der Waals surface area contributed by atoms with Crippen molar-refractivity contribution in [2.45, 2.75) is 59.2 Å². The number of fused-ring (bicyclic) bond motifs is 1. The number of alkyl carbamates (subject to hydrolysis) is 1. The molecule has 0 radical (unpaired) electrons. The van der Waals surface area contributed by atoms with Crippen LogP contribution in [-0.4, -0.2) is 61.9 Å². The van der Waals surface area contributed by atoms with Crippen LogP contribution in [0.3, 0.4) is 0 Å². The Labute approximate surface area is 272 Å². The van der Waals surface area contributed by atoms with Crippen LogP contribution in [0.4, 0.5) is 4.79 Å². The summed E-state index contributed by atoms with van der Waals surface area (Å²) in [7, 11) is 1.41. The van der Waals surface area contributed by atoms with Crippen LogP contribution in [0.2, 0.25) is 10.0 Å². The molecule has 45 heavy (non-hydrogen) atoms. The van der Waals surface area contributed by atoms with E-state index < -0.39 is 23.4 Å². The van der Waals surface area contributed by atoms with Gasteiger partial charge in [-0.2, -0.15) is 4.52 Å². The van der Waals surface area contributed by atoms with Crippen molar-refractivity contribution in [2.75, 3.05) is 20.2 Å². The van der Waals surface area contributed by atoms with Crippen molar-refractivity contribution in [3.8, 4) is 5.88 Å². The fourth-order valence-electron chi connectivity index (χ4n) is 4.93. The molecule has 4 aromatic rings. The molecule has 2 amide bonds. The summed E-state index contributed by atoms with van der Waals surface area (Å²) < 4.78 is 13.3. The molecule has 4 rings (SSSR count). The smallest absolute Gasteiger partial charge is 0.407 e. The Balaban J connectivity index is 1.82. The molecule has 13 heteroatoms. The van der Waals surface area contributed by atoms with E-state index in [4.69, 9.17) is 37.7 Å². The summed E-state index contributed by atoms with van der Waals surface area (Å²) >= 11 is 12.7. The number of carbonyl (C=O) groups is 2. The molecule has 240 valence electrons. The van der Waals surface area contributed by atoms with E-state index in [1.807, 2.05) is 44.2 Å². The zero-order chi connectivity index (χ0) is 32.9. The van der Waals surface area contributed by atoms with E-state index >= 15 is 0 Å². The van der Waals surface area contributed by atoms with Gasteiger partial charge in [-0.25, -0.2) is 14.6 Å². The SMILES string of the molecule is COc1nn2c(=O)n(Cc3ccccc3)c(C(C(C)C)N(CCCNC(=O)OC(C)(C)C)C(=O)c3ccc(Cl)cc3)nc2c1Cl. The Morgan fingerprint density at radius 1 is 1.04 bits per heavy atom. The Morgan fingerprint density at radius 2 is 1.71 bits per heavy atom. The number of aromatic nitrogens is 4. The molecule has 1 unspecified atom stereocenters. The van der Waals surface area contributed by atoms with E-state index in [0.717, 1.165) is 10.1 Å². The molecule has 2 aromatic carbocycles. The lowest BCUT2D eigenvalue weighted by Crippen LogP contribution is -2.43. The lowest BCUT2D eigenvalue weighted by molar-refractivity contribution is 0.0519. The fraction of sp³-hybridized carbons (Fsp3) is 0.406. The molecule has 0 aliphatic heterocycles. The van der Waals surface area contributed by atoms with Gasteiger partial charge in [-0.3, -0.25) is 9.36 Å². The highest BCUT2D eigenvalue weighted by atomic mass is 35.5. The molecule has 1 atom stereocenters. The van der Waals surface area contributed by atoms with Crippen molar-refractivity contribution < 1.29 is 19.1 Å². The highest BCUT2D eigenvalue weighted by molar-refractivity contribution is 6.34. The summed E-state index contributed by atoms with van der Waals surface area (Å²) in [6.45, 7) is 9.90. The third-order valence-electron chi connectivity index (χ3n) is 6.89. The van der Waals surface area contributed by atoms with Crippen molar-refractivity contribution in [1.29, 1.82) is 0 Å². The summed E-state index contributed by atoms with van der Waals surface area (Å²) in [6.07, 6.45) is -0.152. The molecule has 2 aromatic heterocycles. The van der Waals surface area contributed by atoms with Gasteiger partial charge in [0.15, 0.2) is 5.65 Å². The number of hydrogen-bond acceptors (Lipinski definition) is 7. The average molecular weight is 658 g/mol. The molecule has 0 saturated carbocycles. The number of hydrogen-bond donors (Lipinski definition) is 1. The van der Waals surface area contributed by atoms with Crippen LogP contribution in [0.1, 0.15) is 68.8 Å². The molecule has 0 fully saturated rings. The normalized spacial score (nSPS) is 12.3. The van der Waals surface area contributed by atoms with Crippen molar-refractivity contribution in [2.24, 2.45) is 5.92 Å². The van der Waals surface area contributed by atoms with E-state index in [-0.39, 0.29) is 48.0 Å². The first-order valence-corrected chi connectivity index (χ1v) is 15.4. The topological polar surface area (TPSA) is 120 Å². The molecule has 2 heterocycles. The van der Waals surface area contributed by atoms with Crippen LogP contribution in [0, 0.1) is 5.92 Å². The largest absolute Gasteiger partial charge is 0.479 e. The second-order valence-corrected chi connectivity index (χ2v) is 12.7. The summed E-state index contributed by atoms with van der Waals surface area (Å²) in [5.41, 5.74) is 0.251. The van der Waals surface area contributed by atoms with Crippen LogP contribution in [0.15, 0.2) is 59.4 Å². The number of carbonyl (C=O) groups excluding carboxylic acids is 2. The molecule has 0 bridgehead atoms. The minimum atomic E-state index is -0.687. The zero-order valence-electron chi connectivity index (χ0n) is 26.2. The van der Waals surface area contributed by atoms with E-state index in [1.165, 1.54) is 11.7 Å². The molecule has 0 saturated heterocycles. The van der Waals surface area contributed by atoms with Gasteiger partial charge in [0.1, 0.15) is 16.4 Å². The van der Waals surface area contributed by atoms with E-state index in [2.05, 4.69) is 10.4 Å². The fourth-order valence-corrected chi connectivity index (χ4v) is 5.29. The number of ether oxygens (including phenoxy) is 2. The van der Waals surface area contributed by atoms with E-state index in [9.17, 15) is 14.4 Å². The predicted molar refractivity (Wildman–Crippen MR) is 173 cm³/mol. The number of benzene rings is 2. The van der Waals surface area contributed by atoms with Gasteiger partial charge in [-0.1, -0.05) is 67.4 Å². The molecular weight excluding hydrogens is 619 g/mol. The average Bonchev–Trinajstić information content (AvgIpc) is 3.31. The van der Waals surface area contributed by atoms with Crippen molar-refractivity contribution in [3.05, 3.63) is 92.1 Å².